The van der Waals surface area contributed by atoms with E-state index >= 15 is 0 Å². The number of carbonyl (C=O) groups is 1. The zero-order valence-corrected chi connectivity index (χ0v) is 20.1. The molecule has 0 fully saturated rings. The maximum atomic E-state index is 11.9. The molecule has 0 saturated heterocycles. The first-order chi connectivity index (χ1) is 16.2. The van der Waals surface area contributed by atoms with Crippen LogP contribution in [0.1, 0.15) is 77.2 Å². The van der Waals surface area contributed by atoms with Crippen LogP contribution in [0.4, 0.5) is 0 Å². The van der Waals surface area contributed by atoms with Crippen molar-refractivity contribution in [2.45, 2.75) is 78.1 Å². The standard InChI is InChI=1S/C29H36N2O2/c1-3-5-7-8-10-11-23-13-15-25(16-14-23)29-30-21-26(22-31-29)24-17-19-27(20-18-24)33-28(32)12-9-6-4-2/h13-22H,3-12H2,1-2H3. The van der Waals surface area contributed by atoms with Crippen LogP contribution in [0.25, 0.3) is 22.5 Å². The van der Waals surface area contributed by atoms with Crippen molar-refractivity contribution in [1.82, 2.24) is 9.97 Å². The molecular weight excluding hydrogens is 408 g/mol. The lowest BCUT2D eigenvalue weighted by atomic mass is 10.0. The van der Waals surface area contributed by atoms with E-state index in [1.807, 2.05) is 36.7 Å². The third kappa shape index (κ3) is 8.12. The number of hydrogen-bond acceptors (Lipinski definition) is 4. The average Bonchev–Trinajstić information content (AvgIpc) is 2.85. The summed E-state index contributed by atoms with van der Waals surface area (Å²) in [4.78, 5) is 21.0. The van der Waals surface area contributed by atoms with E-state index in [2.05, 4.69) is 48.1 Å². The highest BCUT2D eigenvalue weighted by Crippen LogP contribution is 2.24. The maximum Gasteiger partial charge on any atom is 0.311 e. The van der Waals surface area contributed by atoms with Crippen molar-refractivity contribution in [1.29, 1.82) is 0 Å². The molecule has 0 N–H and O–H groups in total. The molecule has 174 valence electrons. The Morgan fingerprint density at radius 2 is 1.30 bits per heavy atom. The lowest BCUT2D eigenvalue weighted by Crippen LogP contribution is -2.07. The van der Waals surface area contributed by atoms with Gasteiger partial charge in [-0.2, -0.15) is 0 Å². The molecule has 0 aliphatic heterocycles. The fourth-order valence-corrected chi connectivity index (χ4v) is 3.80. The van der Waals surface area contributed by atoms with E-state index in [1.54, 1.807) is 0 Å². The first-order valence-electron chi connectivity index (χ1n) is 12.4. The molecule has 0 atom stereocenters. The van der Waals surface area contributed by atoms with E-state index < -0.39 is 0 Å². The molecule has 0 amide bonds. The molecule has 0 aliphatic rings. The fraction of sp³-hybridized carbons (Fsp3) is 0.414. The van der Waals surface area contributed by atoms with Crippen LogP contribution in [0.3, 0.4) is 0 Å². The van der Waals surface area contributed by atoms with Gasteiger partial charge in [0.15, 0.2) is 5.82 Å². The summed E-state index contributed by atoms with van der Waals surface area (Å²) in [5, 5.41) is 0. The quantitative estimate of drug-likeness (QED) is 0.153. The third-order valence-corrected chi connectivity index (χ3v) is 5.84. The van der Waals surface area contributed by atoms with Gasteiger partial charge in [-0.1, -0.05) is 88.8 Å². The first kappa shape index (κ1) is 24.6. The van der Waals surface area contributed by atoms with Crippen LogP contribution < -0.4 is 4.74 Å². The van der Waals surface area contributed by atoms with Crippen LogP contribution in [0.15, 0.2) is 60.9 Å². The lowest BCUT2D eigenvalue weighted by molar-refractivity contribution is -0.134. The molecule has 0 bridgehead atoms. The second-order valence-electron chi connectivity index (χ2n) is 8.61. The molecule has 0 radical (unpaired) electrons. The minimum absolute atomic E-state index is 0.175. The van der Waals surface area contributed by atoms with Crippen LogP contribution >= 0.6 is 0 Å². The van der Waals surface area contributed by atoms with Crippen molar-refractivity contribution in [2.75, 3.05) is 0 Å². The highest BCUT2D eigenvalue weighted by atomic mass is 16.5. The van der Waals surface area contributed by atoms with Gasteiger partial charge in [-0.15, -0.1) is 0 Å². The molecule has 3 aromatic rings. The van der Waals surface area contributed by atoms with Gasteiger partial charge in [-0.25, -0.2) is 9.97 Å². The minimum Gasteiger partial charge on any atom is -0.427 e. The molecule has 4 heteroatoms. The van der Waals surface area contributed by atoms with Crippen LogP contribution in [0.2, 0.25) is 0 Å². The van der Waals surface area contributed by atoms with Gasteiger partial charge in [-0.05, 0) is 42.5 Å². The Kier molecular flexibility index (Phi) is 10.1. The number of rotatable bonds is 13. The summed E-state index contributed by atoms with van der Waals surface area (Å²) in [6.07, 6.45) is 14.8. The highest BCUT2D eigenvalue weighted by molar-refractivity contribution is 5.73. The summed E-state index contributed by atoms with van der Waals surface area (Å²) in [7, 11) is 0. The van der Waals surface area contributed by atoms with Crippen molar-refractivity contribution in [3.63, 3.8) is 0 Å². The summed E-state index contributed by atoms with van der Waals surface area (Å²) in [6.45, 7) is 4.37. The Morgan fingerprint density at radius 3 is 1.97 bits per heavy atom. The molecule has 0 unspecified atom stereocenters. The number of benzene rings is 2. The van der Waals surface area contributed by atoms with Crippen LogP contribution in [-0.2, 0) is 11.2 Å². The van der Waals surface area contributed by atoms with Gasteiger partial charge in [0.2, 0.25) is 0 Å². The van der Waals surface area contributed by atoms with Crippen LogP contribution in [0, 0.1) is 0 Å². The van der Waals surface area contributed by atoms with E-state index in [0.29, 0.717) is 12.2 Å². The number of aryl methyl sites for hydroxylation is 1. The normalized spacial score (nSPS) is 10.8. The van der Waals surface area contributed by atoms with E-state index in [9.17, 15) is 4.79 Å². The first-order valence-corrected chi connectivity index (χ1v) is 12.4. The van der Waals surface area contributed by atoms with Gasteiger partial charge in [0.1, 0.15) is 5.75 Å². The van der Waals surface area contributed by atoms with Crippen LogP contribution in [-0.4, -0.2) is 15.9 Å². The lowest BCUT2D eigenvalue weighted by Gasteiger charge is -2.07. The van der Waals surface area contributed by atoms with Crippen molar-refractivity contribution in [3.8, 4) is 28.3 Å². The molecule has 2 aromatic carbocycles. The van der Waals surface area contributed by atoms with Crippen molar-refractivity contribution < 1.29 is 9.53 Å². The SMILES string of the molecule is CCCCCCCc1ccc(-c2ncc(-c3ccc(OC(=O)CCCCC)cc3)cn2)cc1. The second kappa shape index (κ2) is 13.5. The Bertz CT molecular complexity index is 964. The molecule has 0 saturated carbocycles. The summed E-state index contributed by atoms with van der Waals surface area (Å²) in [6, 6.07) is 16.1. The smallest absolute Gasteiger partial charge is 0.311 e. The van der Waals surface area contributed by atoms with Gasteiger partial charge >= 0.3 is 5.97 Å². The molecule has 3 rings (SSSR count). The van der Waals surface area contributed by atoms with Gasteiger partial charge in [0.05, 0.1) is 0 Å². The number of hydrogen-bond donors (Lipinski definition) is 0. The van der Waals surface area contributed by atoms with Crippen LogP contribution in [0.5, 0.6) is 5.75 Å². The number of aromatic nitrogens is 2. The minimum atomic E-state index is -0.175. The highest BCUT2D eigenvalue weighted by Gasteiger charge is 2.07. The summed E-state index contributed by atoms with van der Waals surface area (Å²) >= 11 is 0. The Balaban J connectivity index is 1.53. The van der Waals surface area contributed by atoms with Gasteiger partial charge in [0.25, 0.3) is 0 Å². The third-order valence-electron chi connectivity index (χ3n) is 5.84. The topological polar surface area (TPSA) is 52.1 Å². The number of ether oxygens (including phenoxy) is 1. The number of unbranched alkanes of at least 4 members (excludes halogenated alkanes) is 6. The van der Waals surface area contributed by atoms with Crippen molar-refractivity contribution in [3.05, 3.63) is 66.5 Å². The predicted molar refractivity (Wildman–Crippen MR) is 135 cm³/mol. The molecule has 4 nitrogen and oxygen atoms in total. The monoisotopic (exact) mass is 444 g/mol. The Hall–Kier alpha value is -3.01. The molecule has 0 aliphatic carbocycles. The van der Waals surface area contributed by atoms with Crippen molar-refractivity contribution >= 4 is 5.97 Å². The number of nitrogens with zero attached hydrogens (tertiary/aromatic N) is 2. The summed E-state index contributed by atoms with van der Waals surface area (Å²) in [5.74, 6) is 1.13. The van der Waals surface area contributed by atoms with E-state index in [1.165, 1.54) is 37.7 Å². The molecule has 1 aromatic heterocycles. The van der Waals surface area contributed by atoms with Gasteiger partial charge in [-0.3, -0.25) is 4.79 Å². The molecule has 33 heavy (non-hydrogen) atoms. The van der Waals surface area contributed by atoms with Crippen molar-refractivity contribution in [2.24, 2.45) is 0 Å². The fourth-order valence-electron chi connectivity index (χ4n) is 3.80. The number of carbonyl (C=O) groups excluding carboxylic acids is 1. The number of esters is 1. The van der Waals surface area contributed by atoms with Gasteiger partial charge in [0, 0.05) is 29.9 Å². The summed E-state index contributed by atoms with van der Waals surface area (Å²) in [5.41, 5.74) is 4.33. The van der Waals surface area contributed by atoms with E-state index in [0.717, 1.165) is 48.2 Å². The predicted octanol–water partition coefficient (Wildman–Crippen LogP) is 7.81. The molecular formula is C29H36N2O2. The Labute approximate surface area is 198 Å². The largest absolute Gasteiger partial charge is 0.427 e. The summed E-state index contributed by atoms with van der Waals surface area (Å²) < 4.78 is 5.41. The maximum absolute atomic E-state index is 11.9. The Morgan fingerprint density at radius 1 is 0.697 bits per heavy atom. The second-order valence-corrected chi connectivity index (χ2v) is 8.61. The average molecular weight is 445 g/mol. The van der Waals surface area contributed by atoms with Gasteiger partial charge < -0.3 is 4.74 Å². The zero-order chi connectivity index (χ0) is 23.3. The molecule has 1 heterocycles. The zero-order valence-electron chi connectivity index (χ0n) is 20.1. The molecule has 0 spiro atoms. The van der Waals surface area contributed by atoms with E-state index in [4.69, 9.17) is 4.74 Å². The van der Waals surface area contributed by atoms with E-state index in [-0.39, 0.29) is 5.97 Å².